The molecule has 0 aromatic carbocycles. The van der Waals surface area contributed by atoms with Crippen LogP contribution in [0.4, 0.5) is 0 Å². The van der Waals surface area contributed by atoms with Crippen molar-refractivity contribution in [1.29, 1.82) is 0 Å². The molecule has 2 rings (SSSR count). The topological polar surface area (TPSA) is 38.7 Å². The van der Waals surface area contributed by atoms with Crippen molar-refractivity contribution in [3.05, 3.63) is 11.6 Å². The van der Waals surface area contributed by atoms with E-state index in [1.54, 1.807) is 0 Å². The first kappa shape index (κ1) is 14.0. The first-order valence-electron chi connectivity index (χ1n) is 7.32. The molecule has 1 heterocycles. The first-order chi connectivity index (χ1) is 8.68. The highest BCUT2D eigenvalue weighted by atomic mass is 16.7. The van der Waals surface area contributed by atoms with Crippen molar-refractivity contribution in [2.24, 2.45) is 0 Å². The second kappa shape index (κ2) is 6.69. The molecule has 0 aromatic rings. The quantitative estimate of drug-likeness (QED) is 0.584. The Bertz CT molecular complexity index is 281. The summed E-state index contributed by atoms with van der Waals surface area (Å²) in [5.74, 6) is 0. The van der Waals surface area contributed by atoms with Gasteiger partial charge in [0.05, 0.1) is 5.60 Å². The Hall–Kier alpha value is -0.380. The van der Waals surface area contributed by atoms with Crippen molar-refractivity contribution in [3.8, 4) is 0 Å². The third-order valence-corrected chi connectivity index (χ3v) is 3.91. The van der Waals surface area contributed by atoms with Gasteiger partial charge in [0.1, 0.15) is 0 Å². The molecule has 1 N–H and O–H groups in total. The highest BCUT2D eigenvalue weighted by Crippen LogP contribution is 2.31. The molecule has 104 valence electrons. The Kier molecular flexibility index (Phi) is 5.22. The lowest BCUT2D eigenvalue weighted by molar-refractivity contribution is -0.163. The summed E-state index contributed by atoms with van der Waals surface area (Å²) in [7, 11) is 0. The van der Waals surface area contributed by atoms with E-state index in [0.29, 0.717) is 0 Å². The number of unbranched alkanes of at least 4 members (excludes halogenated alkanes) is 1. The van der Waals surface area contributed by atoms with Gasteiger partial charge in [-0.1, -0.05) is 11.6 Å². The molecule has 1 aliphatic carbocycles. The summed E-state index contributed by atoms with van der Waals surface area (Å²) in [6.07, 6.45) is 10.3. The van der Waals surface area contributed by atoms with Crippen LogP contribution in [0.25, 0.3) is 0 Å². The summed E-state index contributed by atoms with van der Waals surface area (Å²) in [6, 6.07) is 0. The van der Waals surface area contributed by atoms with Gasteiger partial charge in [-0.3, -0.25) is 0 Å². The fourth-order valence-electron chi connectivity index (χ4n) is 2.80. The summed E-state index contributed by atoms with van der Waals surface area (Å²) in [6.45, 7) is 3.69. The van der Waals surface area contributed by atoms with Crippen LogP contribution in [-0.2, 0) is 9.47 Å². The van der Waals surface area contributed by atoms with Crippen LogP contribution in [0.3, 0.4) is 0 Å². The van der Waals surface area contributed by atoms with Gasteiger partial charge in [-0.25, -0.2) is 0 Å². The molecule has 1 fully saturated rings. The molecule has 0 saturated carbocycles. The van der Waals surface area contributed by atoms with Crippen LogP contribution < -0.4 is 0 Å². The average molecular weight is 254 g/mol. The van der Waals surface area contributed by atoms with Crippen molar-refractivity contribution in [2.75, 3.05) is 13.2 Å². The minimum atomic E-state index is -0.536. The van der Waals surface area contributed by atoms with E-state index in [1.807, 2.05) is 6.08 Å². The smallest absolute Gasteiger partial charge is 0.157 e. The van der Waals surface area contributed by atoms with Crippen molar-refractivity contribution >= 4 is 0 Å². The van der Waals surface area contributed by atoms with Crippen LogP contribution in [0.15, 0.2) is 11.6 Å². The summed E-state index contributed by atoms with van der Waals surface area (Å²) in [5.41, 5.74) is 0.787. The minimum Gasteiger partial charge on any atom is -0.386 e. The molecule has 0 spiro atoms. The van der Waals surface area contributed by atoms with E-state index < -0.39 is 5.60 Å². The molecular weight excluding hydrogens is 228 g/mol. The molecule has 18 heavy (non-hydrogen) atoms. The largest absolute Gasteiger partial charge is 0.386 e. The summed E-state index contributed by atoms with van der Waals surface area (Å²) < 4.78 is 11.2. The van der Waals surface area contributed by atoms with E-state index in [2.05, 4.69) is 6.92 Å². The maximum atomic E-state index is 10.3. The Morgan fingerprint density at radius 3 is 3.00 bits per heavy atom. The van der Waals surface area contributed by atoms with E-state index in [0.717, 1.165) is 51.7 Å². The molecule has 1 aliphatic heterocycles. The zero-order valence-electron chi connectivity index (χ0n) is 11.5. The van der Waals surface area contributed by atoms with Crippen LogP contribution in [-0.4, -0.2) is 30.2 Å². The zero-order chi connectivity index (χ0) is 12.8. The maximum absolute atomic E-state index is 10.3. The van der Waals surface area contributed by atoms with Crippen LogP contribution in [0, 0.1) is 0 Å². The fraction of sp³-hybridized carbons (Fsp3) is 0.867. The minimum absolute atomic E-state index is 0.0236. The van der Waals surface area contributed by atoms with Crippen LogP contribution >= 0.6 is 0 Å². The van der Waals surface area contributed by atoms with Gasteiger partial charge in [0, 0.05) is 13.2 Å². The van der Waals surface area contributed by atoms with Gasteiger partial charge < -0.3 is 14.6 Å². The van der Waals surface area contributed by atoms with Gasteiger partial charge in [-0.2, -0.15) is 0 Å². The van der Waals surface area contributed by atoms with Gasteiger partial charge in [-0.15, -0.1) is 0 Å². The van der Waals surface area contributed by atoms with Crippen molar-refractivity contribution in [3.63, 3.8) is 0 Å². The van der Waals surface area contributed by atoms with Crippen molar-refractivity contribution in [1.82, 2.24) is 0 Å². The predicted octanol–water partition coefficient (Wildman–Crippen LogP) is 3.17. The van der Waals surface area contributed by atoms with E-state index in [9.17, 15) is 5.11 Å². The standard InChI is InChI=1S/C15H26O3/c1-13-7-9-15(16,12-13)8-3-5-11-18-14-6-2-4-10-17-14/h12,14,16H,2-11H2,1H3/t14-,15-/m0/s1. The molecule has 0 bridgehead atoms. The van der Waals surface area contributed by atoms with E-state index in [1.165, 1.54) is 18.4 Å². The molecule has 2 atom stereocenters. The molecular formula is C15H26O3. The Morgan fingerprint density at radius 1 is 1.44 bits per heavy atom. The number of hydrogen-bond donors (Lipinski definition) is 1. The van der Waals surface area contributed by atoms with Crippen molar-refractivity contribution < 1.29 is 14.6 Å². The molecule has 0 radical (unpaired) electrons. The van der Waals surface area contributed by atoms with E-state index >= 15 is 0 Å². The second-order valence-corrected chi connectivity index (χ2v) is 5.72. The Morgan fingerprint density at radius 2 is 2.33 bits per heavy atom. The summed E-state index contributed by atoms with van der Waals surface area (Å²) in [5, 5.41) is 10.3. The van der Waals surface area contributed by atoms with E-state index in [4.69, 9.17) is 9.47 Å². The lowest BCUT2D eigenvalue weighted by Gasteiger charge is -2.23. The number of allylic oxidation sites excluding steroid dienone is 1. The van der Waals surface area contributed by atoms with Gasteiger partial charge in [0.2, 0.25) is 0 Å². The average Bonchev–Trinajstić information content (AvgIpc) is 2.70. The number of aliphatic hydroxyl groups is 1. The van der Waals surface area contributed by atoms with Crippen LogP contribution in [0.1, 0.15) is 58.3 Å². The molecule has 0 amide bonds. The number of hydrogen-bond acceptors (Lipinski definition) is 3. The molecule has 0 unspecified atom stereocenters. The fourth-order valence-corrected chi connectivity index (χ4v) is 2.80. The maximum Gasteiger partial charge on any atom is 0.157 e. The molecule has 0 aromatic heterocycles. The summed E-state index contributed by atoms with van der Waals surface area (Å²) >= 11 is 0. The van der Waals surface area contributed by atoms with E-state index in [-0.39, 0.29) is 6.29 Å². The van der Waals surface area contributed by atoms with Crippen molar-refractivity contribution in [2.45, 2.75) is 70.2 Å². The molecule has 1 saturated heterocycles. The SMILES string of the molecule is CC1=C[C@](O)(CCCCO[C@H]2CCCCO2)CC1. The highest BCUT2D eigenvalue weighted by Gasteiger charge is 2.28. The number of ether oxygens (including phenoxy) is 2. The van der Waals surface area contributed by atoms with Gasteiger partial charge in [0.15, 0.2) is 6.29 Å². The normalized spacial score (nSPS) is 32.6. The summed E-state index contributed by atoms with van der Waals surface area (Å²) in [4.78, 5) is 0. The third kappa shape index (κ3) is 4.38. The third-order valence-electron chi connectivity index (χ3n) is 3.91. The van der Waals surface area contributed by atoms with Crippen LogP contribution in [0.2, 0.25) is 0 Å². The predicted molar refractivity (Wildman–Crippen MR) is 71.3 cm³/mol. The first-order valence-corrected chi connectivity index (χ1v) is 7.32. The second-order valence-electron chi connectivity index (χ2n) is 5.72. The Balaban J connectivity index is 1.53. The van der Waals surface area contributed by atoms with Gasteiger partial charge in [0.25, 0.3) is 0 Å². The molecule has 3 heteroatoms. The lowest BCUT2D eigenvalue weighted by Crippen LogP contribution is -2.24. The molecule has 3 nitrogen and oxygen atoms in total. The van der Waals surface area contributed by atoms with Gasteiger partial charge >= 0.3 is 0 Å². The lowest BCUT2D eigenvalue weighted by atomic mass is 9.96. The Labute approximate surface area is 110 Å². The van der Waals surface area contributed by atoms with Gasteiger partial charge in [-0.05, 0) is 58.3 Å². The number of rotatable bonds is 6. The zero-order valence-corrected chi connectivity index (χ0v) is 11.5. The highest BCUT2D eigenvalue weighted by molar-refractivity contribution is 5.16. The molecule has 2 aliphatic rings. The van der Waals surface area contributed by atoms with Crippen LogP contribution in [0.5, 0.6) is 0 Å². The monoisotopic (exact) mass is 254 g/mol.